The summed E-state index contributed by atoms with van der Waals surface area (Å²) in [6.45, 7) is -1.12. The van der Waals surface area contributed by atoms with Crippen molar-refractivity contribution in [2.24, 2.45) is 11.5 Å². The molecule has 0 aliphatic heterocycles. The van der Waals surface area contributed by atoms with Crippen molar-refractivity contribution in [3.63, 3.8) is 0 Å². The molecular formula is C18H36N2O16Zn. The molecule has 9 unspecified atom stereocenters. The molecule has 0 aliphatic rings. The van der Waals surface area contributed by atoms with Crippen LogP contribution >= 0.6 is 0 Å². The quantitative estimate of drug-likeness (QED) is 0.0611. The summed E-state index contributed by atoms with van der Waals surface area (Å²) in [5.74, 6) is -4.88. The minimum Gasteiger partial charge on any atom is -0.547 e. The Bertz CT molecular complexity index is 580. The van der Waals surface area contributed by atoms with Crippen LogP contribution in [0, 0.1) is 0 Å². The van der Waals surface area contributed by atoms with Crippen LogP contribution in [0.1, 0.15) is 19.3 Å². The number of carboxylic acids is 3. The molecular weight excluding hydrogens is 566 g/mol. The maximum Gasteiger partial charge on any atom is 2.00 e. The number of carbonyl (C=O) groups is 3. The predicted molar refractivity (Wildman–Crippen MR) is 111 cm³/mol. The first-order valence-corrected chi connectivity index (χ1v) is 10.3. The third-order valence-electron chi connectivity index (χ3n) is 4.28. The van der Waals surface area contributed by atoms with Crippen LogP contribution in [-0.2, 0) is 33.9 Å². The first-order valence-electron chi connectivity index (χ1n) is 10.3. The number of carbonyl (C=O) groups excluding carboxylic acids is 2. The van der Waals surface area contributed by atoms with Gasteiger partial charge in [0.2, 0.25) is 0 Å². The summed E-state index contributed by atoms with van der Waals surface area (Å²) >= 11 is 0. The second kappa shape index (κ2) is 23.7. The molecule has 0 saturated heterocycles. The summed E-state index contributed by atoms with van der Waals surface area (Å²) in [6.07, 6.45) is -14.0. The molecule has 37 heavy (non-hydrogen) atoms. The van der Waals surface area contributed by atoms with Crippen LogP contribution in [-0.4, -0.2) is 149 Å². The van der Waals surface area contributed by atoms with E-state index in [1.165, 1.54) is 0 Å². The average Bonchev–Trinajstić information content (AvgIpc) is 2.85. The number of aliphatic hydroxyl groups excluding tert-OH is 10. The van der Waals surface area contributed by atoms with E-state index in [-0.39, 0.29) is 19.5 Å². The Labute approximate surface area is 223 Å². The number of hydrogen-bond acceptors (Lipinski definition) is 17. The van der Waals surface area contributed by atoms with Crippen molar-refractivity contribution in [2.45, 2.75) is 74.1 Å². The second-order valence-corrected chi connectivity index (χ2v) is 7.22. The van der Waals surface area contributed by atoms with E-state index in [1.54, 1.807) is 0 Å². The van der Waals surface area contributed by atoms with Gasteiger partial charge in [0.05, 0.1) is 25.2 Å². The molecule has 0 heterocycles. The topological polar surface area (TPSA) is 372 Å². The molecule has 0 spiro atoms. The third-order valence-corrected chi connectivity index (χ3v) is 4.28. The van der Waals surface area contributed by atoms with Crippen molar-refractivity contribution >= 4 is 17.9 Å². The molecule has 19 heteroatoms. The average molecular weight is 602 g/mol. The first kappa shape index (κ1) is 42.6. The number of hydrogen-bond donors (Lipinski definition) is 13. The molecule has 0 fully saturated rings. The zero-order valence-electron chi connectivity index (χ0n) is 19.8. The molecule has 0 aromatic heterocycles. The van der Waals surface area contributed by atoms with E-state index in [4.69, 9.17) is 67.6 Å². The summed E-state index contributed by atoms with van der Waals surface area (Å²) in [7, 11) is 0. The molecule has 0 amide bonds. The van der Waals surface area contributed by atoms with Gasteiger partial charge in [-0.15, -0.1) is 0 Å². The largest absolute Gasteiger partial charge is 2.00 e. The minimum absolute atomic E-state index is 0. The van der Waals surface area contributed by atoms with Gasteiger partial charge < -0.3 is 87.4 Å². The Morgan fingerprint density at radius 1 is 0.676 bits per heavy atom. The number of unbranched alkanes of at least 4 members (excludes halogenated alkanes) is 1. The summed E-state index contributed by atoms with van der Waals surface area (Å²) < 4.78 is 0. The standard InChI is InChI=1S/C6H14N2O2.2C6H12O7.Zn/c7-4-2-1-3-5(8)6(9)10;2*7-1-2(8)3(9)4(10)5(11)6(12)13;/h5H,1-4,7-8H2,(H,9,10);2*2-5,7-11H,1H2,(H,12,13);/q;;;+2/p-2. The fourth-order valence-electron chi connectivity index (χ4n) is 1.96. The van der Waals surface area contributed by atoms with E-state index in [1.807, 2.05) is 0 Å². The molecule has 0 rings (SSSR count). The van der Waals surface area contributed by atoms with Crippen LogP contribution in [0.2, 0.25) is 0 Å². The van der Waals surface area contributed by atoms with Crippen LogP contribution < -0.4 is 21.7 Å². The maximum absolute atomic E-state index is 10.1. The molecule has 0 bridgehead atoms. The molecule has 0 radical (unpaired) electrons. The van der Waals surface area contributed by atoms with Gasteiger partial charge in [0, 0.05) is 0 Å². The second-order valence-electron chi connectivity index (χ2n) is 7.22. The van der Waals surface area contributed by atoms with Crippen LogP contribution in [0.5, 0.6) is 0 Å². The van der Waals surface area contributed by atoms with Crippen LogP contribution in [0.15, 0.2) is 0 Å². The van der Waals surface area contributed by atoms with Gasteiger partial charge in [0.15, 0.2) is 0 Å². The zero-order chi connectivity index (χ0) is 29.2. The van der Waals surface area contributed by atoms with Gasteiger partial charge in [0.25, 0.3) is 0 Å². The summed E-state index contributed by atoms with van der Waals surface area (Å²) in [4.78, 5) is 30.1. The van der Waals surface area contributed by atoms with E-state index >= 15 is 0 Å². The predicted octanol–water partition coefficient (Wildman–Crippen LogP) is -10.1. The van der Waals surface area contributed by atoms with E-state index in [9.17, 15) is 24.6 Å². The Morgan fingerprint density at radius 2 is 1.00 bits per heavy atom. The van der Waals surface area contributed by atoms with Crippen molar-refractivity contribution in [3.05, 3.63) is 0 Å². The van der Waals surface area contributed by atoms with Crippen molar-refractivity contribution in [1.29, 1.82) is 0 Å². The molecule has 15 N–H and O–H groups in total. The van der Waals surface area contributed by atoms with Gasteiger partial charge in [-0.25, -0.2) is 0 Å². The summed E-state index contributed by atoms with van der Waals surface area (Å²) in [5.41, 5.74) is 10.4. The first-order chi connectivity index (χ1) is 16.5. The van der Waals surface area contributed by atoms with Gasteiger partial charge in [0.1, 0.15) is 54.9 Å². The third kappa shape index (κ3) is 19.3. The minimum atomic E-state index is -2.31. The smallest absolute Gasteiger partial charge is 0.547 e. The molecule has 0 aromatic carbocycles. The molecule has 216 valence electrons. The van der Waals surface area contributed by atoms with Gasteiger partial charge >= 0.3 is 25.4 Å². The number of nitrogens with two attached hydrogens (primary N) is 2. The van der Waals surface area contributed by atoms with Crippen molar-refractivity contribution < 1.29 is 100 Å². The Morgan fingerprint density at radius 3 is 1.22 bits per heavy atom. The van der Waals surface area contributed by atoms with Crippen molar-refractivity contribution in [3.8, 4) is 0 Å². The van der Waals surface area contributed by atoms with Gasteiger partial charge in [-0.2, -0.15) is 0 Å². The number of carboxylic acid groups (broad SMARTS) is 3. The van der Waals surface area contributed by atoms with Crippen LogP contribution in [0.25, 0.3) is 0 Å². The molecule has 0 aromatic rings. The molecule has 0 saturated carbocycles. The van der Waals surface area contributed by atoms with Gasteiger partial charge in [-0.3, -0.25) is 4.79 Å². The van der Waals surface area contributed by atoms with E-state index in [2.05, 4.69) is 0 Å². The number of aliphatic carboxylic acids is 3. The van der Waals surface area contributed by atoms with Gasteiger partial charge in [-0.05, 0) is 19.4 Å². The van der Waals surface area contributed by atoms with E-state index in [0.29, 0.717) is 13.0 Å². The van der Waals surface area contributed by atoms with E-state index < -0.39 is 86.0 Å². The van der Waals surface area contributed by atoms with Crippen molar-refractivity contribution in [1.82, 2.24) is 0 Å². The normalized spacial score (nSPS) is 17.8. The maximum atomic E-state index is 10.1. The summed E-state index contributed by atoms with van der Waals surface area (Å²) in [6, 6.07) is -0.716. The van der Waals surface area contributed by atoms with Crippen LogP contribution in [0.3, 0.4) is 0 Å². The SMILES string of the molecule is NCCCCC(N)C(=O)O.O=C([O-])C(O)C(O)C(O)C(O)CO.O=C([O-])C(O)C(O)C(O)C(O)CO.[Zn+2]. The Balaban J connectivity index is -0.000000220. The number of aliphatic hydroxyl groups is 10. The van der Waals surface area contributed by atoms with Crippen LogP contribution in [0.4, 0.5) is 0 Å². The Kier molecular flexibility index (Phi) is 27.3. The van der Waals surface area contributed by atoms with E-state index in [0.717, 1.165) is 12.8 Å². The van der Waals surface area contributed by atoms with Gasteiger partial charge in [-0.1, -0.05) is 6.42 Å². The fourth-order valence-corrected chi connectivity index (χ4v) is 1.96. The molecule has 0 aliphatic carbocycles. The Hall–Kier alpha value is -1.45. The monoisotopic (exact) mass is 600 g/mol. The molecule has 9 atom stereocenters. The zero-order valence-corrected chi connectivity index (χ0v) is 22.7. The van der Waals surface area contributed by atoms with Crippen molar-refractivity contribution in [2.75, 3.05) is 19.8 Å². The number of rotatable bonds is 15. The summed E-state index contributed by atoms with van der Waals surface area (Å²) in [5, 5.41) is 115. The fraction of sp³-hybridized carbons (Fsp3) is 0.833. The molecule has 18 nitrogen and oxygen atoms in total.